The van der Waals surface area contributed by atoms with Gasteiger partial charge in [0.05, 0.1) is 52.1 Å². The van der Waals surface area contributed by atoms with Gasteiger partial charge in [-0.2, -0.15) is 60.7 Å². The number of rotatable bonds is 18. The van der Waals surface area contributed by atoms with E-state index in [1.807, 2.05) is 0 Å². The molecule has 0 unspecified atom stereocenters. The minimum atomic E-state index is -5.31. The fraction of sp³-hybridized carbons (Fsp3) is 0.150. The minimum Gasteiger partial charge on any atom is -0.398 e. The third kappa shape index (κ3) is 16.0. The summed E-state index contributed by atoms with van der Waals surface area (Å²) in [6.07, 6.45) is 3.09. The van der Waals surface area contributed by atoms with E-state index in [0.717, 1.165) is 36.4 Å². The number of allylic oxidation sites excluding steroid dienone is 2. The molecule has 0 heterocycles. The van der Waals surface area contributed by atoms with Crippen LogP contribution in [0.4, 0.5) is 22.7 Å². The second-order valence-electron chi connectivity index (χ2n) is 15.5. The molecule has 0 bridgehead atoms. The van der Waals surface area contributed by atoms with Crippen LogP contribution in [-0.4, -0.2) is 160 Å². The van der Waals surface area contributed by atoms with Crippen LogP contribution in [0.3, 0.4) is 0 Å². The monoisotopic (exact) mass is 1220 g/mol. The summed E-state index contributed by atoms with van der Waals surface area (Å²) in [5.74, 6) is -2.58. The number of aliphatic hydroxyl groups is 3. The molecular formula is C40H41KN7O23S6+. The van der Waals surface area contributed by atoms with Crippen molar-refractivity contribution in [1.82, 2.24) is 4.90 Å². The van der Waals surface area contributed by atoms with Gasteiger partial charge >= 0.3 is 51.4 Å². The van der Waals surface area contributed by atoms with Gasteiger partial charge in [0, 0.05) is 31.0 Å². The molecule has 6 rings (SSSR count). The second kappa shape index (κ2) is 24.9. The number of aliphatic hydroxyl groups excluding tert-OH is 3. The van der Waals surface area contributed by atoms with Gasteiger partial charge in [0.1, 0.15) is 19.6 Å². The molecule has 4 aromatic rings. The van der Waals surface area contributed by atoms with Crippen molar-refractivity contribution in [3.05, 3.63) is 104 Å². The van der Waals surface area contributed by atoms with E-state index in [4.69, 9.17) is 26.8 Å². The van der Waals surface area contributed by atoms with E-state index >= 15 is 0 Å². The van der Waals surface area contributed by atoms with E-state index in [-0.39, 0.29) is 93.7 Å². The normalized spacial score (nSPS) is 15.3. The van der Waals surface area contributed by atoms with Crippen LogP contribution in [0.2, 0.25) is 0 Å². The smallest absolute Gasteiger partial charge is 0.398 e. The summed E-state index contributed by atoms with van der Waals surface area (Å²) in [6.45, 7) is 1.75. The zero-order valence-electron chi connectivity index (χ0n) is 39.0. The number of hydrogen-bond acceptors (Lipinski definition) is 24. The first-order valence-corrected chi connectivity index (χ1v) is 29.1. The fourth-order valence-corrected chi connectivity index (χ4v) is 10.8. The number of fused-ring (bicyclic) bond motifs is 2. The Kier molecular flexibility index (Phi) is 20.9. The number of nitrogens with two attached hydrogens (primary N) is 2. The van der Waals surface area contributed by atoms with Crippen LogP contribution in [0, 0.1) is 0 Å². The summed E-state index contributed by atoms with van der Waals surface area (Å²) in [7, 11) is -30.8. The van der Waals surface area contributed by atoms with E-state index in [1.165, 1.54) is 0 Å². The van der Waals surface area contributed by atoms with Gasteiger partial charge in [-0.1, -0.05) is 24.3 Å². The number of nitrogen functional groups attached to an aromatic ring is 2. The Morgan fingerprint density at radius 3 is 1.08 bits per heavy atom. The summed E-state index contributed by atoms with van der Waals surface area (Å²) >= 11 is 0. The Morgan fingerprint density at radius 2 is 0.805 bits per heavy atom. The molecule has 2 aliphatic rings. The first-order chi connectivity index (χ1) is 35.0. The first-order valence-electron chi connectivity index (χ1n) is 20.4. The molecule has 0 aliphatic heterocycles. The van der Waals surface area contributed by atoms with Crippen LogP contribution in [0.15, 0.2) is 100 Å². The summed E-state index contributed by atoms with van der Waals surface area (Å²) in [5.41, 5.74) is 9.37. The molecule has 0 atom stereocenters. The number of nitrogens with zero attached hydrogens (tertiary/aromatic N) is 3. The Hall–Kier alpha value is -5.08. The molecule has 30 nitrogen and oxygen atoms in total. The molecule has 0 amide bonds. The molecule has 0 saturated carbocycles. The Morgan fingerprint density at radius 1 is 0.481 bits per heavy atom. The predicted octanol–water partition coefficient (Wildman–Crippen LogP) is -2.94. The quantitative estimate of drug-likeness (QED) is 0.0156. The van der Waals surface area contributed by atoms with Gasteiger partial charge in [0.25, 0.3) is 60.7 Å². The molecule has 0 fully saturated rings. The number of carbonyl (C=O) groups excluding carboxylic acids is 2. The fourth-order valence-electron chi connectivity index (χ4n) is 6.96. The van der Waals surface area contributed by atoms with Crippen molar-refractivity contribution in [2.75, 3.05) is 61.8 Å². The van der Waals surface area contributed by atoms with Crippen LogP contribution in [0.25, 0.3) is 24.3 Å². The van der Waals surface area contributed by atoms with Gasteiger partial charge in [-0.3, -0.25) is 52.7 Å². The Labute approximate surface area is 480 Å². The summed E-state index contributed by atoms with van der Waals surface area (Å²) in [6, 6.07) is 8.26. The van der Waals surface area contributed by atoms with E-state index in [0.29, 0.717) is 68.2 Å². The first kappa shape index (κ1) is 64.4. The zero-order valence-corrected chi connectivity index (χ0v) is 47.0. The maximum absolute atomic E-state index is 13.4. The SMILES string of the molecule is Nc1cc(S(=O)(=O)O)cc2c1C(=O)/C(=N\Nc1ccc(/C=C/c3ccc(N/N=C4\C(=O)c5c(N)cc(S(=O)(=O)O)cc5C=C4S(=O)(=O)O)cc3S(=O)(=O)O)c(S(=O)(=O)O)c1)C(S(=O)(=O)O)=C2.OCCN(CCO)CCO.[K+]. The topological polar surface area (TPSA) is 525 Å². The van der Waals surface area contributed by atoms with Crippen molar-refractivity contribution < 1.29 is 154 Å². The van der Waals surface area contributed by atoms with E-state index in [1.54, 1.807) is 4.90 Å². The summed E-state index contributed by atoms with van der Waals surface area (Å²) in [5, 5.41) is 32.8. The predicted molar refractivity (Wildman–Crippen MR) is 270 cm³/mol. The van der Waals surface area contributed by atoms with Gasteiger partial charge in [-0.25, -0.2) is 0 Å². The molecule has 410 valence electrons. The largest absolute Gasteiger partial charge is 1.00 e. The molecule has 37 heteroatoms. The maximum atomic E-state index is 13.4. The van der Waals surface area contributed by atoms with E-state index in [9.17, 15) is 87.4 Å². The second-order valence-corrected chi connectivity index (χ2v) is 23.9. The van der Waals surface area contributed by atoms with Crippen LogP contribution < -0.4 is 73.7 Å². The van der Waals surface area contributed by atoms with Crippen LogP contribution in [0.1, 0.15) is 43.0 Å². The molecular weight excluding hydrogens is 1180 g/mol. The molecule has 4 aromatic carbocycles. The number of ketones is 2. The number of nitrogens with one attached hydrogen (secondary N) is 2. The molecule has 0 aromatic heterocycles. The van der Waals surface area contributed by atoms with Crippen molar-refractivity contribution in [2.45, 2.75) is 19.6 Å². The van der Waals surface area contributed by atoms with Crippen molar-refractivity contribution in [3.8, 4) is 0 Å². The van der Waals surface area contributed by atoms with Gasteiger partial charge < -0.3 is 26.8 Å². The number of benzene rings is 4. The van der Waals surface area contributed by atoms with Crippen LogP contribution >= 0.6 is 0 Å². The zero-order chi connectivity index (χ0) is 57.1. The Bertz CT molecular complexity index is 3680. The molecule has 0 spiro atoms. The Balaban J connectivity index is 0.00000105. The molecule has 15 N–H and O–H groups in total. The number of anilines is 4. The minimum absolute atomic E-state index is 0. The average Bonchev–Trinajstić information content (AvgIpc) is 3.28. The third-order valence-electron chi connectivity index (χ3n) is 10.3. The standard InChI is InChI=1S/C34H26N6O20S6.C6H15NO3.K/c35-23-13-21(61(43,44)45)7-17-9-27(65(55,56)57)31(33(41)29(17)23)39-37-19-5-3-15(25(11-19)63(49,50)51)1-2-16-4-6-20(12-26(16)64(52,53)54)38-40-32-28(66(58,59)60)10-18-8-22(62(46,47)48)14-24(36)30(18)34(32)42;8-4-1-7(2-5-9)3-6-10;/h1-14,37-38H,35-36H2,(H,43,44,45)(H,46,47,48)(H,49,50,51)(H,52,53,54)(H,55,56,57)(H,58,59,60);8-10H,1-6H2;/q;;+1/b2-1+,39-31-,40-32-;;. The van der Waals surface area contributed by atoms with Gasteiger partial charge in [0.2, 0.25) is 11.6 Å². The number of carbonyl (C=O) groups is 2. The number of hydrazone groups is 2. The van der Waals surface area contributed by atoms with Gasteiger partial charge in [0.15, 0.2) is 11.4 Å². The van der Waals surface area contributed by atoms with Crippen LogP contribution in [-0.2, 0) is 60.7 Å². The van der Waals surface area contributed by atoms with Crippen molar-refractivity contribution in [2.24, 2.45) is 10.2 Å². The number of hydrogen-bond donors (Lipinski definition) is 13. The summed E-state index contributed by atoms with van der Waals surface area (Å²) in [4.78, 5) is 22.7. The van der Waals surface area contributed by atoms with Gasteiger partial charge in [-0.15, -0.1) is 0 Å². The number of Topliss-reactive ketones (excluding diaryl/α,β-unsaturated/α-hetero) is 2. The van der Waals surface area contributed by atoms with Crippen molar-refractivity contribution >= 4 is 131 Å². The van der Waals surface area contributed by atoms with Crippen molar-refractivity contribution in [3.63, 3.8) is 0 Å². The van der Waals surface area contributed by atoms with Gasteiger partial charge in [-0.05, 0) is 82.9 Å². The molecule has 0 radical (unpaired) electrons. The van der Waals surface area contributed by atoms with Crippen LogP contribution in [0.5, 0.6) is 0 Å². The van der Waals surface area contributed by atoms with Crippen molar-refractivity contribution in [1.29, 1.82) is 0 Å². The molecule has 2 aliphatic carbocycles. The third-order valence-corrected chi connectivity index (χ3v) is 15.5. The van der Waals surface area contributed by atoms with E-state index in [2.05, 4.69) is 21.1 Å². The maximum Gasteiger partial charge on any atom is 1.00 e. The van der Waals surface area contributed by atoms with E-state index < -0.39 is 147 Å². The molecule has 77 heavy (non-hydrogen) atoms. The average molecular weight is 1220 g/mol. The summed E-state index contributed by atoms with van der Waals surface area (Å²) < 4.78 is 204. The molecule has 0 saturated heterocycles.